The van der Waals surface area contributed by atoms with Gasteiger partial charge in [-0.1, -0.05) is 0 Å². The van der Waals surface area contributed by atoms with Crippen LogP contribution in [0.25, 0.3) is 10.2 Å². The van der Waals surface area contributed by atoms with Gasteiger partial charge < -0.3 is 14.7 Å². The van der Waals surface area contributed by atoms with Gasteiger partial charge in [-0.15, -0.1) is 11.3 Å². The maximum absolute atomic E-state index is 9.26. The zero-order valence-corrected chi connectivity index (χ0v) is 10.9. The Kier molecular flexibility index (Phi) is 3.15. The van der Waals surface area contributed by atoms with Gasteiger partial charge in [0.25, 0.3) is 0 Å². The van der Waals surface area contributed by atoms with E-state index in [2.05, 4.69) is 14.9 Å². The summed E-state index contributed by atoms with van der Waals surface area (Å²) in [5.41, 5.74) is 0. The Morgan fingerprint density at radius 1 is 1.50 bits per heavy atom. The van der Waals surface area contributed by atoms with E-state index >= 15 is 0 Å². The third-order valence-corrected chi connectivity index (χ3v) is 3.89. The van der Waals surface area contributed by atoms with Crippen molar-refractivity contribution in [2.45, 2.75) is 19.1 Å². The average Bonchev–Trinajstić information content (AvgIpc) is 2.85. The predicted molar refractivity (Wildman–Crippen MR) is 71.0 cm³/mol. The van der Waals surface area contributed by atoms with Crippen LogP contribution in [0.4, 0.5) is 5.82 Å². The summed E-state index contributed by atoms with van der Waals surface area (Å²) in [6, 6.07) is 2.05. The second-order valence-electron chi connectivity index (χ2n) is 4.49. The largest absolute Gasteiger partial charge is 0.394 e. The highest BCUT2D eigenvalue weighted by atomic mass is 32.1. The molecule has 2 atom stereocenters. The van der Waals surface area contributed by atoms with Gasteiger partial charge in [0.15, 0.2) is 0 Å². The molecule has 1 aliphatic rings. The Bertz CT molecular complexity index is 545. The zero-order valence-electron chi connectivity index (χ0n) is 10.1. The maximum Gasteiger partial charge on any atom is 0.140 e. The number of hydrogen-bond acceptors (Lipinski definition) is 6. The van der Waals surface area contributed by atoms with E-state index in [1.807, 2.05) is 18.4 Å². The fraction of sp³-hybridized carbons (Fsp3) is 0.500. The van der Waals surface area contributed by atoms with Gasteiger partial charge in [-0.05, 0) is 18.4 Å². The third-order valence-electron chi connectivity index (χ3n) is 3.07. The van der Waals surface area contributed by atoms with Crippen molar-refractivity contribution in [1.29, 1.82) is 0 Å². The normalized spacial score (nSPS) is 24.7. The van der Waals surface area contributed by atoms with Crippen LogP contribution in [0, 0.1) is 0 Å². The number of anilines is 1. The van der Waals surface area contributed by atoms with E-state index in [9.17, 15) is 5.11 Å². The number of aromatic nitrogens is 2. The molecule has 2 aromatic heterocycles. The summed E-state index contributed by atoms with van der Waals surface area (Å²) in [6.45, 7) is 3.51. The van der Waals surface area contributed by atoms with Gasteiger partial charge in [0.1, 0.15) is 17.0 Å². The van der Waals surface area contributed by atoms with E-state index < -0.39 is 0 Å². The van der Waals surface area contributed by atoms with Crippen LogP contribution in [0.2, 0.25) is 0 Å². The molecule has 0 saturated carbocycles. The fourth-order valence-electron chi connectivity index (χ4n) is 2.35. The van der Waals surface area contributed by atoms with Crippen molar-refractivity contribution < 1.29 is 9.84 Å². The molecule has 0 radical (unpaired) electrons. The van der Waals surface area contributed by atoms with Crippen LogP contribution in [0.15, 0.2) is 17.8 Å². The van der Waals surface area contributed by atoms with Crippen LogP contribution in [-0.4, -0.2) is 47.0 Å². The van der Waals surface area contributed by atoms with Crippen molar-refractivity contribution in [2.24, 2.45) is 0 Å². The van der Waals surface area contributed by atoms with Crippen molar-refractivity contribution in [3.05, 3.63) is 17.8 Å². The molecule has 0 aliphatic carbocycles. The van der Waals surface area contributed by atoms with Crippen LogP contribution in [0.5, 0.6) is 0 Å². The summed E-state index contributed by atoms with van der Waals surface area (Å²) in [6.07, 6.45) is 1.55. The standard InChI is InChI=1S/C12H15N3O2S/c1-8-4-15(5-9(6-16)17-8)11-10-2-3-18-12(10)14-7-13-11/h2-3,7-9,16H,4-6H2,1H3. The molecule has 3 heterocycles. The van der Waals surface area contributed by atoms with E-state index in [4.69, 9.17) is 4.74 Å². The summed E-state index contributed by atoms with van der Waals surface area (Å²) < 4.78 is 5.65. The van der Waals surface area contributed by atoms with Crippen molar-refractivity contribution in [1.82, 2.24) is 9.97 Å². The Balaban J connectivity index is 1.96. The molecule has 96 valence electrons. The Hall–Kier alpha value is -1.24. The quantitative estimate of drug-likeness (QED) is 0.886. The SMILES string of the molecule is CC1CN(c2ncnc3sccc23)CC(CO)O1. The van der Waals surface area contributed by atoms with Crippen LogP contribution in [0.3, 0.4) is 0 Å². The molecule has 0 aromatic carbocycles. The highest BCUT2D eigenvalue weighted by Gasteiger charge is 2.26. The van der Waals surface area contributed by atoms with Gasteiger partial charge in [0, 0.05) is 13.1 Å². The number of morpholine rings is 1. The molecule has 0 spiro atoms. The monoisotopic (exact) mass is 265 g/mol. The second-order valence-corrected chi connectivity index (χ2v) is 5.39. The van der Waals surface area contributed by atoms with Gasteiger partial charge in [-0.25, -0.2) is 9.97 Å². The molecule has 0 bridgehead atoms. The second kappa shape index (κ2) is 4.79. The molecule has 5 nitrogen and oxygen atoms in total. The highest BCUT2D eigenvalue weighted by molar-refractivity contribution is 7.16. The Morgan fingerprint density at radius 3 is 3.22 bits per heavy atom. The number of aliphatic hydroxyl groups is 1. The maximum atomic E-state index is 9.26. The van der Waals surface area contributed by atoms with Crippen molar-refractivity contribution in [2.75, 3.05) is 24.6 Å². The van der Waals surface area contributed by atoms with Gasteiger partial charge >= 0.3 is 0 Å². The third kappa shape index (κ3) is 2.07. The Labute approximate surface area is 109 Å². The lowest BCUT2D eigenvalue weighted by molar-refractivity contribution is -0.0422. The highest BCUT2D eigenvalue weighted by Crippen LogP contribution is 2.28. The average molecular weight is 265 g/mol. The first-order valence-electron chi connectivity index (χ1n) is 5.97. The van der Waals surface area contributed by atoms with Gasteiger partial charge in [0.2, 0.25) is 0 Å². The number of hydrogen-bond donors (Lipinski definition) is 1. The molecular weight excluding hydrogens is 250 g/mol. The summed E-state index contributed by atoms with van der Waals surface area (Å²) in [7, 11) is 0. The number of rotatable bonds is 2. The Morgan fingerprint density at radius 2 is 2.39 bits per heavy atom. The lowest BCUT2D eigenvalue weighted by atomic mass is 10.2. The number of aliphatic hydroxyl groups excluding tert-OH is 1. The number of thiophene rings is 1. The molecule has 6 heteroatoms. The van der Waals surface area contributed by atoms with Crippen LogP contribution >= 0.6 is 11.3 Å². The number of ether oxygens (including phenoxy) is 1. The number of nitrogens with zero attached hydrogens (tertiary/aromatic N) is 3. The summed E-state index contributed by atoms with van der Waals surface area (Å²) in [5, 5.41) is 12.4. The lowest BCUT2D eigenvalue weighted by Gasteiger charge is -2.36. The summed E-state index contributed by atoms with van der Waals surface area (Å²) in [4.78, 5) is 11.8. The first-order valence-corrected chi connectivity index (χ1v) is 6.85. The molecule has 2 unspecified atom stereocenters. The van der Waals surface area contributed by atoms with E-state index in [-0.39, 0.29) is 18.8 Å². The topological polar surface area (TPSA) is 58.5 Å². The van der Waals surface area contributed by atoms with Gasteiger partial charge in [-0.3, -0.25) is 0 Å². The molecule has 1 fully saturated rings. The first kappa shape index (κ1) is 11.8. The van der Waals surface area contributed by atoms with Crippen molar-refractivity contribution in [3.8, 4) is 0 Å². The smallest absolute Gasteiger partial charge is 0.140 e. The molecule has 18 heavy (non-hydrogen) atoms. The van der Waals surface area contributed by atoms with Crippen LogP contribution in [0.1, 0.15) is 6.92 Å². The van der Waals surface area contributed by atoms with E-state index in [0.717, 1.165) is 22.6 Å². The van der Waals surface area contributed by atoms with Gasteiger partial charge in [0.05, 0.1) is 24.2 Å². The molecular formula is C12H15N3O2S. The van der Waals surface area contributed by atoms with Gasteiger partial charge in [-0.2, -0.15) is 0 Å². The minimum Gasteiger partial charge on any atom is -0.394 e. The minimum atomic E-state index is -0.141. The molecule has 2 aromatic rings. The van der Waals surface area contributed by atoms with Crippen LogP contribution in [-0.2, 0) is 4.74 Å². The number of fused-ring (bicyclic) bond motifs is 1. The van der Waals surface area contributed by atoms with Crippen LogP contribution < -0.4 is 4.90 Å². The van der Waals surface area contributed by atoms with E-state index in [1.165, 1.54) is 0 Å². The van der Waals surface area contributed by atoms with E-state index in [0.29, 0.717) is 6.54 Å². The van der Waals surface area contributed by atoms with Crippen molar-refractivity contribution >= 4 is 27.4 Å². The van der Waals surface area contributed by atoms with E-state index in [1.54, 1.807) is 17.7 Å². The first-order chi connectivity index (χ1) is 8.78. The zero-order chi connectivity index (χ0) is 12.5. The molecule has 1 N–H and O–H groups in total. The molecule has 1 aliphatic heterocycles. The minimum absolute atomic E-state index is 0.0404. The predicted octanol–water partition coefficient (Wildman–Crippen LogP) is 1.28. The van der Waals surface area contributed by atoms with Crippen molar-refractivity contribution in [3.63, 3.8) is 0 Å². The molecule has 1 saturated heterocycles. The summed E-state index contributed by atoms with van der Waals surface area (Å²) >= 11 is 1.61. The lowest BCUT2D eigenvalue weighted by Crippen LogP contribution is -2.48. The summed E-state index contributed by atoms with van der Waals surface area (Å²) in [5.74, 6) is 0.940. The molecule has 0 amide bonds. The molecule has 3 rings (SSSR count). The fourth-order valence-corrected chi connectivity index (χ4v) is 3.08.